The van der Waals surface area contributed by atoms with Crippen LogP contribution in [0.2, 0.25) is 0 Å². The first-order chi connectivity index (χ1) is 10.0. The van der Waals surface area contributed by atoms with Crippen LogP contribution in [-0.4, -0.2) is 0 Å². The summed E-state index contributed by atoms with van der Waals surface area (Å²) in [5.74, 6) is 0.342. The zero-order valence-corrected chi connectivity index (χ0v) is 12.6. The summed E-state index contributed by atoms with van der Waals surface area (Å²) in [6.07, 6.45) is 5.74. The van der Waals surface area contributed by atoms with Gasteiger partial charge in [-0.05, 0) is 43.1 Å². The van der Waals surface area contributed by atoms with E-state index in [2.05, 4.69) is 38.1 Å². The molecule has 0 radical (unpaired) electrons. The summed E-state index contributed by atoms with van der Waals surface area (Å²) in [6, 6.07) is 6.43. The van der Waals surface area contributed by atoms with Crippen LogP contribution < -0.4 is 5.73 Å². The first-order valence-corrected chi connectivity index (χ1v) is 7.45. The van der Waals surface area contributed by atoms with Crippen LogP contribution in [0.25, 0.3) is 0 Å². The first-order valence-electron chi connectivity index (χ1n) is 7.45. The zero-order valence-electron chi connectivity index (χ0n) is 12.6. The molecule has 2 rings (SSSR count). The van der Waals surface area contributed by atoms with E-state index in [0.29, 0.717) is 11.5 Å². The summed E-state index contributed by atoms with van der Waals surface area (Å²) < 4.78 is 0. The van der Waals surface area contributed by atoms with Crippen LogP contribution >= 0.6 is 0 Å². The first kappa shape index (κ1) is 15.1. The number of fused-ring (bicyclic) bond motifs is 1. The lowest BCUT2D eigenvalue weighted by atomic mass is 9.57. The van der Waals surface area contributed by atoms with E-state index in [1.54, 1.807) is 0 Å². The van der Waals surface area contributed by atoms with Crippen molar-refractivity contribution in [2.45, 2.75) is 39.5 Å². The fourth-order valence-corrected chi connectivity index (χ4v) is 3.75. The average molecular weight is 280 g/mol. The lowest BCUT2D eigenvalue weighted by Gasteiger charge is -2.43. The van der Waals surface area contributed by atoms with E-state index in [-0.39, 0.29) is 17.5 Å². The van der Waals surface area contributed by atoms with Gasteiger partial charge in [0.05, 0.1) is 23.4 Å². The molecule has 0 saturated heterocycles. The lowest BCUT2D eigenvalue weighted by Crippen LogP contribution is -2.44. The highest BCUT2D eigenvalue weighted by Crippen LogP contribution is 2.53. The molecule has 0 aromatic rings. The number of hydrogen-bond acceptors (Lipinski definition) is 4. The second-order valence-corrected chi connectivity index (χ2v) is 6.37. The van der Waals surface area contributed by atoms with Crippen LogP contribution in [0.15, 0.2) is 22.9 Å². The van der Waals surface area contributed by atoms with Gasteiger partial charge in [0.1, 0.15) is 6.07 Å². The molecule has 2 N–H and O–H groups in total. The molecule has 2 atom stereocenters. The molecule has 0 amide bonds. The van der Waals surface area contributed by atoms with Crippen LogP contribution in [0.3, 0.4) is 0 Å². The van der Waals surface area contributed by atoms with Gasteiger partial charge in [0.2, 0.25) is 0 Å². The second kappa shape index (κ2) is 5.63. The fourth-order valence-electron chi connectivity index (χ4n) is 3.75. The summed E-state index contributed by atoms with van der Waals surface area (Å²) in [4.78, 5) is 0. The van der Waals surface area contributed by atoms with E-state index in [4.69, 9.17) is 5.73 Å². The topological polar surface area (TPSA) is 97.4 Å². The van der Waals surface area contributed by atoms with E-state index < -0.39 is 5.41 Å². The van der Waals surface area contributed by atoms with Crippen LogP contribution in [0, 0.1) is 57.2 Å². The molecular formula is C17H20N4. The Bertz CT molecular complexity index is 605. The van der Waals surface area contributed by atoms with Gasteiger partial charge in [0.25, 0.3) is 0 Å². The SMILES string of the molecule is CC(C)CC1C2CCCC=C2C(C#N)=C(N)C1(C#N)C#N. The third-order valence-electron chi connectivity index (χ3n) is 4.70. The summed E-state index contributed by atoms with van der Waals surface area (Å²) >= 11 is 0. The van der Waals surface area contributed by atoms with Crippen LogP contribution in [0.1, 0.15) is 39.5 Å². The molecule has 4 heteroatoms. The number of nitriles is 3. The molecule has 0 aliphatic heterocycles. The van der Waals surface area contributed by atoms with E-state index >= 15 is 0 Å². The molecule has 0 heterocycles. The Morgan fingerprint density at radius 3 is 2.52 bits per heavy atom. The van der Waals surface area contributed by atoms with Crippen molar-refractivity contribution >= 4 is 0 Å². The van der Waals surface area contributed by atoms with Gasteiger partial charge in [-0.25, -0.2) is 0 Å². The Hall–Kier alpha value is -2.25. The van der Waals surface area contributed by atoms with Gasteiger partial charge in [0.15, 0.2) is 5.41 Å². The van der Waals surface area contributed by atoms with Gasteiger partial charge >= 0.3 is 0 Å². The van der Waals surface area contributed by atoms with E-state index in [9.17, 15) is 15.8 Å². The van der Waals surface area contributed by atoms with E-state index in [1.165, 1.54) is 0 Å². The molecule has 2 unspecified atom stereocenters. The normalized spacial score (nSPS) is 27.1. The molecule has 2 aliphatic carbocycles. The fraction of sp³-hybridized carbons (Fsp3) is 0.588. The Morgan fingerprint density at radius 1 is 1.33 bits per heavy atom. The third kappa shape index (κ3) is 2.20. The molecule has 2 aliphatic rings. The number of nitrogens with zero attached hydrogens (tertiary/aromatic N) is 3. The quantitative estimate of drug-likeness (QED) is 0.840. The molecule has 0 bridgehead atoms. The Labute approximate surface area is 126 Å². The van der Waals surface area contributed by atoms with Crippen molar-refractivity contribution in [2.75, 3.05) is 0 Å². The van der Waals surface area contributed by atoms with Gasteiger partial charge in [-0.1, -0.05) is 19.9 Å². The number of hydrogen-bond donors (Lipinski definition) is 1. The van der Waals surface area contributed by atoms with Crippen molar-refractivity contribution in [3.05, 3.63) is 22.9 Å². The maximum atomic E-state index is 9.68. The largest absolute Gasteiger partial charge is 0.399 e. The molecule has 0 spiro atoms. The smallest absolute Gasteiger partial charge is 0.187 e. The molecule has 108 valence electrons. The van der Waals surface area contributed by atoms with Gasteiger partial charge in [-0.2, -0.15) is 15.8 Å². The highest BCUT2D eigenvalue weighted by Gasteiger charge is 2.52. The molecule has 4 nitrogen and oxygen atoms in total. The summed E-state index contributed by atoms with van der Waals surface area (Å²) in [5, 5.41) is 28.8. The number of allylic oxidation sites excluding steroid dienone is 4. The Morgan fingerprint density at radius 2 is 2.00 bits per heavy atom. The van der Waals surface area contributed by atoms with E-state index in [0.717, 1.165) is 31.3 Å². The summed E-state index contributed by atoms with van der Waals surface area (Å²) in [5.41, 5.74) is 6.25. The van der Waals surface area contributed by atoms with Crippen molar-refractivity contribution in [3.8, 4) is 18.2 Å². The summed E-state index contributed by atoms with van der Waals surface area (Å²) in [6.45, 7) is 4.18. The van der Waals surface area contributed by atoms with Crippen molar-refractivity contribution in [1.29, 1.82) is 15.8 Å². The standard InChI is InChI=1S/C17H20N4/c1-11(2)7-15-13-6-4-3-5-12(13)14(8-18)16(21)17(15,9-19)10-20/h5,11,13,15H,3-4,6-7,21H2,1-2H3. The van der Waals surface area contributed by atoms with Crippen molar-refractivity contribution in [2.24, 2.45) is 28.9 Å². The molecule has 0 aromatic heterocycles. The molecule has 0 fully saturated rings. The summed E-state index contributed by atoms with van der Waals surface area (Å²) in [7, 11) is 0. The minimum absolute atomic E-state index is 0.0994. The zero-order chi connectivity index (χ0) is 15.6. The van der Waals surface area contributed by atoms with E-state index in [1.807, 2.05) is 0 Å². The maximum Gasteiger partial charge on any atom is 0.187 e. The van der Waals surface area contributed by atoms with Crippen molar-refractivity contribution in [3.63, 3.8) is 0 Å². The van der Waals surface area contributed by atoms with Gasteiger partial charge in [-0.15, -0.1) is 0 Å². The molecule has 0 aromatic carbocycles. The lowest BCUT2D eigenvalue weighted by molar-refractivity contribution is 0.199. The number of rotatable bonds is 2. The second-order valence-electron chi connectivity index (χ2n) is 6.37. The monoisotopic (exact) mass is 280 g/mol. The number of nitrogens with two attached hydrogens (primary N) is 1. The van der Waals surface area contributed by atoms with Crippen molar-refractivity contribution in [1.82, 2.24) is 0 Å². The van der Waals surface area contributed by atoms with Gasteiger partial charge in [0, 0.05) is 5.92 Å². The predicted octanol–water partition coefficient (Wildman–Crippen LogP) is 3.16. The molecule has 21 heavy (non-hydrogen) atoms. The minimum atomic E-state index is -1.37. The third-order valence-corrected chi connectivity index (χ3v) is 4.70. The average Bonchev–Trinajstić information content (AvgIpc) is 2.48. The maximum absolute atomic E-state index is 9.68. The predicted molar refractivity (Wildman–Crippen MR) is 78.9 cm³/mol. The van der Waals surface area contributed by atoms with Crippen LogP contribution in [0.5, 0.6) is 0 Å². The highest BCUT2D eigenvalue weighted by molar-refractivity contribution is 5.56. The molecular weight excluding hydrogens is 260 g/mol. The Balaban J connectivity index is 2.70. The minimum Gasteiger partial charge on any atom is -0.399 e. The Kier molecular flexibility index (Phi) is 4.06. The van der Waals surface area contributed by atoms with Gasteiger partial charge < -0.3 is 5.73 Å². The van der Waals surface area contributed by atoms with Crippen LogP contribution in [0.4, 0.5) is 0 Å². The van der Waals surface area contributed by atoms with Crippen molar-refractivity contribution < 1.29 is 0 Å². The van der Waals surface area contributed by atoms with Crippen LogP contribution in [-0.2, 0) is 0 Å². The highest BCUT2D eigenvalue weighted by atomic mass is 14.7. The van der Waals surface area contributed by atoms with Gasteiger partial charge in [-0.3, -0.25) is 0 Å². The molecule has 0 saturated carbocycles.